The van der Waals surface area contributed by atoms with Crippen LogP contribution in [0.2, 0.25) is 5.02 Å². The van der Waals surface area contributed by atoms with E-state index in [1.54, 1.807) is 18.1 Å². The Morgan fingerprint density at radius 3 is 2.68 bits per heavy atom. The number of rotatable bonds is 6. The van der Waals surface area contributed by atoms with E-state index in [9.17, 15) is 4.79 Å². The number of hydrogen-bond donors (Lipinski definition) is 1. The van der Waals surface area contributed by atoms with Crippen molar-refractivity contribution in [3.8, 4) is 11.5 Å². The molecule has 0 unspecified atom stereocenters. The number of hydrogen-bond acceptors (Lipinski definition) is 4. The highest BCUT2D eigenvalue weighted by molar-refractivity contribution is 7.80. The molecule has 1 saturated carbocycles. The molecule has 2 aromatic carbocycles. The number of para-hydroxylation sites is 1. The van der Waals surface area contributed by atoms with Crippen molar-refractivity contribution < 1.29 is 14.3 Å². The maximum absolute atomic E-state index is 13.0. The maximum atomic E-state index is 13.0. The molecule has 1 N–H and O–H groups in total. The quantitative estimate of drug-likeness (QED) is 0.471. The van der Waals surface area contributed by atoms with Gasteiger partial charge in [-0.05, 0) is 61.0 Å². The summed E-state index contributed by atoms with van der Waals surface area (Å²) >= 11 is 11.7. The molecule has 2 fully saturated rings. The number of carbonyl (C=O) groups is 1. The molecule has 2 aromatic rings. The first-order valence-electron chi connectivity index (χ1n) is 10.5. The summed E-state index contributed by atoms with van der Waals surface area (Å²) in [7, 11) is 1.62. The van der Waals surface area contributed by atoms with E-state index in [-0.39, 0.29) is 18.6 Å². The van der Waals surface area contributed by atoms with Gasteiger partial charge in [-0.25, -0.2) is 0 Å². The number of nitrogens with one attached hydrogen (secondary N) is 1. The van der Waals surface area contributed by atoms with Gasteiger partial charge in [-0.15, -0.1) is 0 Å². The highest BCUT2D eigenvalue weighted by Gasteiger charge is 2.36. The van der Waals surface area contributed by atoms with Crippen molar-refractivity contribution in [2.75, 3.05) is 7.11 Å². The first-order valence-corrected chi connectivity index (χ1v) is 11.3. The molecule has 1 heterocycles. The van der Waals surface area contributed by atoms with Gasteiger partial charge in [0, 0.05) is 11.6 Å². The van der Waals surface area contributed by atoms with Crippen LogP contribution < -0.4 is 14.8 Å². The van der Waals surface area contributed by atoms with Crippen LogP contribution in [-0.2, 0) is 11.4 Å². The van der Waals surface area contributed by atoms with Gasteiger partial charge < -0.3 is 14.8 Å². The molecule has 2 aliphatic rings. The molecule has 7 heteroatoms. The first kappa shape index (κ1) is 21.7. The van der Waals surface area contributed by atoms with Crippen molar-refractivity contribution in [1.29, 1.82) is 0 Å². The zero-order valence-corrected chi connectivity index (χ0v) is 19.0. The zero-order valence-electron chi connectivity index (χ0n) is 17.4. The van der Waals surface area contributed by atoms with Crippen LogP contribution in [0.4, 0.5) is 0 Å². The van der Waals surface area contributed by atoms with E-state index >= 15 is 0 Å². The minimum absolute atomic E-state index is 0.0541. The van der Waals surface area contributed by atoms with Gasteiger partial charge in [-0.1, -0.05) is 49.1 Å². The Hall–Kier alpha value is -2.57. The molecule has 0 spiro atoms. The minimum Gasteiger partial charge on any atom is -0.496 e. The van der Waals surface area contributed by atoms with Gasteiger partial charge in [0.2, 0.25) is 0 Å². The summed E-state index contributed by atoms with van der Waals surface area (Å²) in [5.41, 5.74) is 2.22. The van der Waals surface area contributed by atoms with Gasteiger partial charge in [0.1, 0.15) is 23.8 Å². The Kier molecular flexibility index (Phi) is 6.78. The number of carbonyl (C=O) groups excluding carboxylic acids is 1. The van der Waals surface area contributed by atoms with E-state index in [0.717, 1.165) is 36.8 Å². The normalized spacial score (nSPS) is 18.4. The van der Waals surface area contributed by atoms with Crippen LogP contribution in [0.5, 0.6) is 11.5 Å². The molecule has 0 atom stereocenters. The Bertz CT molecular complexity index is 1020. The Morgan fingerprint density at radius 2 is 1.94 bits per heavy atom. The smallest absolute Gasteiger partial charge is 0.276 e. The number of thiocarbonyl (C=S) groups is 1. The molecule has 0 radical (unpaired) electrons. The van der Waals surface area contributed by atoms with E-state index in [4.69, 9.17) is 33.3 Å². The van der Waals surface area contributed by atoms with Crippen molar-refractivity contribution >= 4 is 40.9 Å². The van der Waals surface area contributed by atoms with Gasteiger partial charge in [0.05, 0.1) is 12.1 Å². The standard InChI is InChI=1S/C24H25ClN2O3S/c1-29-21-12-11-16(13-17(21)15-30-22-10-6-5-9-19(22)25)14-20-23(28)27(24(31)26-20)18-7-3-2-4-8-18/h5-6,9-14,18H,2-4,7-8,15H2,1H3,(H,26,31)/b20-14+. The van der Waals surface area contributed by atoms with Crippen LogP contribution in [0.15, 0.2) is 48.2 Å². The van der Waals surface area contributed by atoms with E-state index in [0.29, 0.717) is 27.3 Å². The van der Waals surface area contributed by atoms with Crippen LogP contribution in [0.3, 0.4) is 0 Å². The molecule has 162 valence electrons. The van der Waals surface area contributed by atoms with E-state index in [2.05, 4.69) is 5.32 Å². The lowest BCUT2D eigenvalue weighted by molar-refractivity contribution is -0.124. The van der Waals surface area contributed by atoms with Crippen molar-refractivity contribution in [2.24, 2.45) is 0 Å². The molecule has 1 saturated heterocycles. The summed E-state index contributed by atoms with van der Waals surface area (Å²) in [5.74, 6) is 1.26. The summed E-state index contributed by atoms with van der Waals surface area (Å²) in [6, 6.07) is 13.3. The molecule has 4 rings (SSSR count). The summed E-state index contributed by atoms with van der Waals surface area (Å²) in [6.45, 7) is 0.290. The van der Waals surface area contributed by atoms with Crippen molar-refractivity contribution in [3.63, 3.8) is 0 Å². The number of amides is 1. The first-order chi connectivity index (χ1) is 15.1. The minimum atomic E-state index is -0.0541. The molecule has 5 nitrogen and oxygen atoms in total. The fraction of sp³-hybridized carbons (Fsp3) is 0.333. The second-order valence-electron chi connectivity index (χ2n) is 7.75. The molecular formula is C24H25ClN2O3S. The number of benzene rings is 2. The van der Waals surface area contributed by atoms with Gasteiger partial charge in [-0.2, -0.15) is 0 Å². The lowest BCUT2D eigenvalue weighted by atomic mass is 9.94. The summed E-state index contributed by atoms with van der Waals surface area (Å²) in [4.78, 5) is 14.8. The van der Waals surface area contributed by atoms with Crippen molar-refractivity contribution in [1.82, 2.24) is 10.2 Å². The Morgan fingerprint density at radius 1 is 1.16 bits per heavy atom. The van der Waals surface area contributed by atoms with Crippen molar-refractivity contribution in [2.45, 2.75) is 44.8 Å². The average Bonchev–Trinajstić information content (AvgIpc) is 3.06. The van der Waals surface area contributed by atoms with E-state index in [1.807, 2.05) is 42.5 Å². The zero-order chi connectivity index (χ0) is 21.8. The number of methoxy groups -OCH3 is 1. The van der Waals surface area contributed by atoms with Crippen LogP contribution >= 0.6 is 23.8 Å². The van der Waals surface area contributed by atoms with Gasteiger partial charge >= 0.3 is 0 Å². The third-order valence-electron chi connectivity index (χ3n) is 5.68. The molecule has 0 aromatic heterocycles. The fourth-order valence-electron chi connectivity index (χ4n) is 4.10. The third kappa shape index (κ3) is 4.86. The van der Waals surface area contributed by atoms with Gasteiger partial charge in [0.15, 0.2) is 5.11 Å². The highest BCUT2D eigenvalue weighted by Crippen LogP contribution is 2.29. The van der Waals surface area contributed by atoms with E-state index < -0.39 is 0 Å². The second kappa shape index (κ2) is 9.71. The monoisotopic (exact) mass is 456 g/mol. The van der Waals surface area contributed by atoms with Gasteiger partial charge in [0.25, 0.3) is 5.91 Å². The second-order valence-corrected chi connectivity index (χ2v) is 8.54. The predicted molar refractivity (Wildman–Crippen MR) is 126 cm³/mol. The summed E-state index contributed by atoms with van der Waals surface area (Å²) in [6.07, 6.45) is 7.36. The molecular weight excluding hydrogens is 432 g/mol. The molecule has 1 amide bonds. The number of ether oxygens (including phenoxy) is 2. The molecule has 0 bridgehead atoms. The highest BCUT2D eigenvalue weighted by atomic mass is 35.5. The molecule has 1 aliphatic carbocycles. The lowest BCUT2D eigenvalue weighted by Gasteiger charge is -2.29. The van der Waals surface area contributed by atoms with Crippen molar-refractivity contribution in [3.05, 3.63) is 64.3 Å². The maximum Gasteiger partial charge on any atom is 0.276 e. The Labute approximate surface area is 193 Å². The lowest BCUT2D eigenvalue weighted by Crippen LogP contribution is -2.41. The van der Waals surface area contributed by atoms with Crippen LogP contribution in [-0.4, -0.2) is 29.1 Å². The fourth-order valence-corrected chi connectivity index (χ4v) is 4.64. The average molecular weight is 457 g/mol. The van der Waals surface area contributed by atoms with Gasteiger partial charge in [-0.3, -0.25) is 9.69 Å². The summed E-state index contributed by atoms with van der Waals surface area (Å²) in [5, 5.41) is 4.15. The predicted octanol–water partition coefficient (Wildman–Crippen LogP) is 5.32. The molecule has 1 aliphatic heterocycles. The van der Waals surface area contributed by atoms with Crippen LogP contribution in [0, 0.1) is 0 Å². The molecule has 31 heavy (non-hydrogen) atoms. The van der Waals surface area contributed by atoms with Crippen LogP contribution in [0.25, 0.3) is 6.08 Å². The summed E-state index contributed by atoms with van der Waals surface area (Å²) < 4.78 is 11.4. The number of nitrogens with zero attached hydrogens (tertiary/aromatic N) is 1. The largest absolute Gasteiger partial charge is 0.496 e. The third-order valence-corrected chi connectivity index (χ3v) is 6.30. The number of halogens is 1. The Balaban J connectivity index is 1.53. The van der Waals surface area contributed by atoms with E-state index in [1.165, 1.54) is 6.42 Å². The van der Waals surface area contributed by atoms with Crippen LogP contribution in [0.1, 0.15) is 43.2 Å². The SMILES string of the molecule is COc1ccc(/C=C2/NC(=S)N(C3CCCCC3)C2=O)cc1COc1ccccc1Cl. The topological polar surface area (TPSA) is 50.8 Å².